The van der Waals surface area contributed by atoms with Gasteiger partial charge < -0.3 is 60.2 Å². The molecule has 0 fully saturated rings. The van der Waals surface area contributed by atoms with Gasteiger partial charge in [0.05, 0.1) is 48.1 Å². The molecule has 378 valence electrons. The molecule has 21 nitrogen and oxygen atoms in total. The number of amides is 3. The fourth-order valence-electron chi connectivity index (χ4n) is 7.19. The molecule has 1 aliphatic heterocycles. The van der Waals surface area contributed by atoms with Crippen LogP contribution in [0.5, 0.6) is 17.4 Å². The van der Waals surface area contributed by atoms with Gasteiger partial charge in [-0.3, -0.25) is 19.8 Å². The number of aliphatic hydroxyl groups is 5. The number of nitrogens with zero attached hydrogens (tertiary/aromatic N) is 3. The number of carbonyl (C=O) groups excluding carboxylic acids is 3. The average molecular weight is 999 g/mol. The summed E-state index contributed by atoms with van der Waals surface area (Å²) in [6, 6.07) is 26.0. The Hall–Kier alpha value is -7.05. The van der Waals surface area contributed by atoms with Crippen molar-refractivity contribution in [2.45, 2.75) is 74.9 Å². The highest BCUT2D eigenvalue weighted by molar-refractivity contribution is 7.85. The maximum absolute atomic E-state index is 13.7. The number of hydrazone groups is 1. The highest BCUT2D eigenvalue weighted by Crippen LogP contribution is 2.37. The summed E-state index contributed by atoms with van der Waals surface area (Å²) in [7, 11) is -4.77. The number of pyridine rings is 2. The van der Waals surface area contributed by atoms with E-state index in [1.807, 2.05) is 74.5 Å². The van der Waals surface area contributed by atoms with Crippen molar-refractivity contribution in [3.8, 4) is 39.8 Å². The third kappa shape index (κ3) is 15.5. The molecule has 0 saturated heterocycles. The van der Waals surface area contributed by atoms with Crippen LogP contribution in [0.1, 0.15) is 55.5 Å². The van der Waals surface area contributed by atoms with Gasteiger partial charge >= 0.3 is 0 Å². The number of nitrogens with one attached hydrogen (secondary N) is 4. The number of rotatable bonds is 25. The van der Waals surface area contributed by atoms with Crippen LogP contribution in [0.3, 0.4) is 0 Å². The molecular formula is C49H56N7O14S-. The zero-order valence-corrected chi connectivity index (χ0v) is 39.6. The first-order chi connectivity index (χ1) is 33.9. The highest BCUT2D eigenvalue weighted by Gasteiger charge is 2.31. The fourth-order valence-corrected chi connectivity index (χ4v) is 7.84. The van der Waals surface area contributed by atoms with Crippen LogP contribution in [0.15, 0.2) is 113 Å². The Kier molecular flexibility index (Phi) is 18.5. The van der Waals surface area contributed by atoms with Gasteiger partial charge in [-0.1, -0.05) is 68.4 Å². The van der Waals surface area contributed by atoms with Gasteiger partial charge in [-0.2, -0.15) is 5.10 Å². The molecule has 3 heterocycles. The van der Waals surface area contributed by atoms with E-state index < -0.39 is 88.2 Å². The van der Waals surface area contributed by atoms with Crippen LogP contribution in [0.25, 0.3) is 22.4 Å². The van der Waals surface area contributed by atoms with Crippen LogP contribution in [0.2, 0.25) is 0 Å². The zero-order chi connectivity index (χ0) is 51.1. The quantitative estimate of drug-likeness (QED) is 0.0175. The molecular weight excluding hydrogens is 943 g/mol. The third-order valence-electron chi connectivity index (χ3n) is 11.3. The maximum atomic E-state index is 13.7. The number of unbranched alkanes of at least 4 members (excludes halogenated alkanes) is 1. The van der Waals surface area contributed by atoms with E-state index in [0.717, 1.165) is 40.9 Å². The van der Waals surface area contributed by atoms with Crippen LogP contribution >= 0.6 is 0 Å². The summed E-state index contributed by atoms with van der Waals surface area (Å²) in [5.74, 6) is -0.439. The monoisotopic (exact) mass is 998 g/mol. The second-order valence-corrected chi connectivity index (χ2v) is 18.7. The van der Waals surface area contributed by atoms with Crippen molar-refractivity contribution in [1.29, 1.82) is 0 Å². The molecule has 5 aromatic rings. The molecule has 5 atom stereocenters. The van der Waals surface area contributed by atoms with Crippen molar-refractivity contribution in [3.05, 3.63) is 114 Å². The summed E-state index contributed by atoms with van der Waals surface area (Å²) in [5, 5.41) is 60.8. The lowest BCUT2D eigenvalue weighted by atomic mass is 9.87. The van der Waals surface area contributed by atoms with Crippen molar-refractivity contribution in [3.63, 3.8) is 0 Å². The van der Waals surface area contributed by atoms with Crippen molar-refractivity contribution in [2.75, 3.05) is 38.5 Å². The minimum Gasteiger partial charge on any atom is -0.744 e. The molecule has 22 heteroatoms. The molecule has 0 unspecified atom stereocenters. The lowest BCUT2D eigenvalue weighted by molar-refractivity contribution is -0.130. The molecule has 3 amide bonds. The molecule has 9 N–H and O–H groups in total. The van der Waals surface area contributed by atoms with Gasteiger partial charge in [-0.15, -0.1) is 0 Å². The minimum atomic E-state index is -4.77. The first-order valence-electron chi connectivity index (χ1n) is 22.5. The van der Waals surface area contributed by atoms with E-state index in [0.29, 0.717) is 43.2 Å². The SMILES string of the molecule is CC(C)(CCCCOc1cc(-c2ccc3c(c2)OCO3)cc(-c2ccccc2)n1)CNC(=O)[C@H](CC(=O)NC[C@H](O)[C@@H](O)[C@H](O)[C@H](O)CO)NC(=O)c1ccc(N/N=C/c2ccccc2S(=O)(=O)[O-])nc1. The van der Waals surface area contributed by atoms with Gasteiger partial charge in [0, 0.05) is 36.5 Å². The molecule has 0 radical (unpaired) electrons. The summed E-state index contributed by atoms with van der Waals surface area (Å²) in [5.41, 5.74) is 5.56. The lowest BCUT2D eigenvalue weighted by Gasteiger charge is -2.27. The predicted octanol–water partition coefficient (Wildman–Crippen LogP) is 2.32. The molecule has 1 aliphatic rings. The maximum Gasteiger partial charge on any atom is 0.253 e. The Morgan fingerprint density at radius 1 is 0.859 bits per heavy atom. The van der Waals surface area contributed by atoms with Crippen LogP contribution in [0.4, 0.5) is 5.82 Å². The van der Waals surface area contributed by atoms with Gasteiger partial charge in [0.1, 0.15) is 40.3 Å². The first kappa shape index (κ1) is 53.3. The predicted molar refractivity (Wildman–Crippen MR) is 257 cm³/mol. The molecule has 0 bridgehead atoms. The van der Waals surface area contributed by atoms with Crippen LogP contribution in [0, 0.1) is 5.41 Å². The Morgan fingerprint density at radius 3 is 2.32 bits per heavy atom. The van der Waals surface area contributed by atoms with Crippen molar-refractivity contribution in [1.82, 2.24) is 25.9 Å². The Labute approximate surface area is 409 Å². The number of carbonyl (C=O) groups is 3. The van der Waals surface area contributed by atoms with Crippen molar-refractivity contribution >= 4 is 39.9 Å². The van der Waals surface area contributed by atoms with Crippen LogP contribution in [-0.4, -0.2) is 136 Å². The van der Waals surface area contributed by atoms with Crippen molar-refractivity contribution in [2.24, 2.45) is 10.5 Å². The van der Waals surface area contributed by atoms with Crippen molar-refractivity contribution < 1.29 is 67.1 Å². The number of aliphatic hydroxyl groups excluding tert-OH is 5. The molecule has 6 rings (SSSR count). The molecule has 2 aromatic heterocycles. The Balaban J connectivity index is 1.05. The number of anilines is 1. The summed E-state index contributed by atoms with van der Waals surface area (Å²) < 4.78 is 52.0. The minimum absolute atomic E-state index is 0.0239. The molecule has 0 spiro atoms. The molecule has 3 aromatic carbocycles. The standard InChI is InChI=1S/C49H57N7O14S/c1-49(2,18-8-9-19-68-44-22-34(20-35(54-44)30-10-4-3-5-11-30)31-14-16-39-40(21-31)70-29-69-39)28-52-48(64)36(23-43(60)51-26-37(58)45(61)46(62)38(59)27-57)55-47(63)33-15-17-42(50-24-33)56-53-25-32-12-6-7-13-41(32)71(65,66)67/h3-7,10-17,20-22,24-25,36-38,45-46,57-59,61-62H,8-9,18-19,23,26-29H2,1-2H3,(H,50,56)(H,51,60)(H,52,64)(H,55,63)(H,65,66,67)/p-1/b53-25+/t36-,37-,38+,45+,46+/m0/s1. The molecule has 71 heavy (non-hydrogen) atoms. The van der Waals surface area contributed by atoms with Gasteiger partial charge in [0.25, 0.3) is 5.91 Å². The van der Waals surface area contributed by atoms with E-state index in [1.165, 1.54) is 30.3 Å². The Bertz CT molecular complexity index is 2750. The summed E-state index contributed by atoms with van der Waals surface area (Å²) in [4.78, 5) is 48.7. The van der Waals surface area contributed by atoms with E-state index in [1.54, 1.807) is 0 Å². The number of hydrogen-bond donors (Lipinski definition) is 9. The molecule has 0 aliphatic carbocycles. The largest absolute Gasteiger partial charge is 0.744 e. The summed E-state index contributed by atoms with van der Waals surface area (Å²) in [6.45, 7) is 3.03. The van der Waals surface area contributed by atoms with E-state index in [-0.39, 0.29) is 30.3 Å². The zero-order valence-electron chi connectivity index (χ0n) is 38.8. The number of benzene rings is 3. The summed E-state index contributed by atoms with van der Waals surface area (Å²) >= 11 is 0. The van der Waals surface area contributed by atoms with Gasteiger partial charge in [-0.05, 0) is 72.2 Å². The molecule has 0 saturated carbocycles. The topological polar surface area (TPSA) is 324 Å². The smallest absolute Gasteiger partial charge is 0.253 e. The second kappa shape index (κ2) is 24.7. The van der Waals surface area contributed by atoms with E-state index in [2.05, 4.69) is 31.5 Å². The second-order valence-electron chi connectivity index (χ2n) is 17.3. The first-order valence-corrected chi connectivity index (χ1v) is 23.9. The highest BCUT2D eigenvalue weighted by atomic mass is 32.2. The number of fused-ring (bicyclic) bond motifs is 1. The average Bonchev–Trinajstić information content (AvgIpc) is 3.85. The lowest BCUT2D eigenvalue weighted by Crippen LogP contribution is -2.52. The van der Waals surface area contributed by atoms with E-state index >= 15 is 0 Å². The third-order valence-corrected chi connectivity index (χ3v) is 12.2. The number of hydrogen-bond acceptors (Lipinski definition) is 18. The van der Waals surface area contributed by atoms with Gasteiger partial charge in [0.15, 0.2) is 11.5 Å². The van der Waals surface area contributed by atoms with Gasteiger partial charge in [-0.25, -0.2) is 18.4 Å². The number of ether oxygens (including phenoxy) is 3. The van der Waals surface area contributed by atoms with E-state index in [4.69, 9.17) is 24.3 Å². The Morgan fingerprint density at radius 2 is 1.59 bits per heavy atom. The van der Waals surface area contributed by atoms with Gasteiger partial charge in [0.2, 0.25) is 24.5 Å². The van der Waals surface area contributed by atoms with Crippen LogP contribution in [-0.2, 0) is 19.7 Å². The normalized spacial score (nSPS) is 14.5. The summed E-state index contributed by atoms with van der Waals surface area (Å²) in [6.07, 6.45) is -3.79. The van der Waals surface area contributed by atoms with E-state index in [9.17, 15) is 47.8 Å². The number of aromatic nitrogens is 2. The van der Waals surface area contributed by atoms with Crippen LogP contribution < -0.4 is 35.6 Å². The fraction of sp³-hybridized carbons (Fsp3) is 0.347.